The number of ether oxygens (including phenoxy) is 2. The van der Waals surface area contributed by atoms with Gasteiger partial charge in [-0.05, 0) is 44.9 Å². The van der Waals surface area contributed by atoms with Crippen molar-refractivity contribution in [1.29, 1.82) is 5.26 Å². The number of likely N-dealkylation sites (tertiary alicyclic amines) is 1. The van der Waals surface area contributed by atoms with Crippen molar-refractivity contribution in [2.75, 3.05) is 19.7 Å². The normalized spacial score (nSPS) is 19.3. The number of hydrogen-bond acceptors (Lipinski definition) is 4. The zero-order chi connectivity index (χ0) is 15.9. The van der Waals surface area contributed by atoms with Crippen molar-refractivity contribution in [3.63, 3.8) is 0 Å². The van der Waals surface area contributed by atoms with Gasteiger partial charge in [-0.2, -0.15) is 5.26 Å². The molecular weight excluding hydrogens is 280 g/mol. The molecule has 22 heavy (non-hydrogen) atoms. The topological polar surface area (TPSA) is 62.6 Å². The van der Waals surface area contributed by atoms with E-state index in [9.17, 15) is 4.79 Å². The predicted molar refractivity (Wildman–Crippen MR) is 82.5 cm³/mol. The molecule has 0 N–H and O–H groups in total. The monoisotopic (exact) mass is 302 g/mol. The van der Waals surface area contributed by atoms with Crippen LogP contribution in [0.15, 0.2) is 24.3 Å². The predicted octanol–water partition coefficient (Wildman–Crippen LogP) is 2.35. The Morgan fingerprint density at radius 2 is 2.36 bits per heavy atom. The molecule has 0 bridgehead atoms. The van der Waals surface area contributed by atoms with Crippen LogP contribution < -0.4 is 4.74 Å². The van der Waals surface area contributed by atoms with E-state index in [-0.39, 0.29) is 12.0 Å². The molecule has 5 nitrogen and oxygen atoms in total. The molecule has 1 aliphatic rings. The number of rotatable bonds is 5. The molecule has 1 aliphatic heterocycles. The fourth-order valence-corrected chi connectivity index (χ4v) is 2.66. The highest BCUT2D eigenvalue weighted by atomic mass is 16.5. The Kier molecular flexibility index (Phi) is 5.79. The Balaban J connectivity index is 1.95. The maximum absolute atomic E-state index is 12.5. The molecule has 5 heteroatoms. The summed E-state index contributed by atoms with van der Waals surface area (Å²) in [4.78, 5) is 14.3. The van der Waals surface area contributed by atoms with Crippen molar-refractivity contribution in [3.8, 4) is 11.8 Å². The number of amides is 1. The molecule has 1 aromatic carbocycles. The van der Waals surface area contributed by atoms with Gasteiger partial charge in [0.2, 0.25) is 0 Å². The Hall–Kier alpha value is -2.06. The molecule has 1 heterocycles. The molecule has 0 radical (unpaired) electrons. The zero-order valence-corrected chi connectivity index (χ0v) is 13.1. The first kappa shape index (κ1) is 16.3. The van der Waals surface area contributed by atoms with Gasteiger partial charge in [-0.15, -0.1) is 0 Å². The molecule has 0 spiro atoms. The molecule has 1 amide bonds. The molecular formula is C17H22N2O3. The van der Waals surface area contributed by atoms with Gasteiger partial charge < -0.3 is 14.4 Å². The SMILES string of the molecule is CCO[C@@H]1CCCN(C(=O)[C@H](C)Oc2cccc(C#N)c2)C1. The standard InChI is InChI=1S/C17H22N2O3/c1-3-21-16-8-5-9-19(12-16)17(20)13(2)22-15-7-4-6-14(10-15)11-18/h4,6-7,10,13,16H,3,5,8-9,12H2,1-2H3/t13-,16+/m0/s1. The smallest absolute Gasteiger partial charge is 0.263 e. The summed E-state index contributed by atoms with van der Waals surface area (Å²) < 4.78 is 11.3. The third-order valence-corrected chi connectivity index (χ3v) is 3.72. The second-order valence-electron chi connectivity index (χ2n) is 5.40. The van der Waals surface area contributed by atoms with E-state index in [1.165, 1.54) is 0 Å². The number of carbonyl (C=O) groups excluding carboxylic acids is 1. The van der Waals surface area contributed by atoms with Crippen LogP contribution in [-0.2, 0) is 9.53 Å². The van der Waals surface area contributed by atoms with E-state index in [1.807, 2.05) is 11.8 Å². The van der Waals surface area contributed by atoms with Gasteiger partial charge in [0, 0.05) is 19.7 Å². The van der Waals surface area contributed by atoms with E-state index in [1.54, 1.807) is 31.2 Å². The van der Waals surface area contributed by atoms with Gasteiger partial charge >= 0.3 is 0 Å². The number of nitriles is 1. The van der Waals surface area contributed by atoms with Crippen molar-refractivity contribution >= 4 is 5.91 Å². The van der Waals surface area contributed by atoms with Gasteiger partial charge in [-0.1, -0.05) is 6.07 Å². The Morgan fingerprint density at radius 1 is 1.55 bits per heavy atom. The molecule has 0 aromatic heterocycles. The van der Waals surface area contributed by atoms with Crippen LogP contribution in [0.2, 0.25) is 0 Å². The summed E-state index contributed by atoms with van der Waals surface area (Å²) in [6.07, 6.45) is 1.50. The first-order chi connectivity index (χ1) is 10.6. The van der Waals surface area contributed by atoms with Crippen molar-refractivity contribution in [1.82, 2.24) is 4.90 Å². The van der Waals surface area contributed by atoms with Gasteiger partial charge in [-0.3, -0.25) is 4.79 Å². The third kappa shape index (κ3) is 4.22. The summed E-state index contributed by atoms with van der Waals surface area (Å²) in [5.74, 6) is 0.505. The lowest BCUT2D eigenvalue weighted by atomic mass is 10.1. The fraction of sp³-hybridized carbons (Fsp3) is 0.529. The van der Waals surface area contributed by atoms with Crippen molar-refractivity contribution in [2.45, 2.75) is 38.9 Å². The summed E-state index contributed by atoms with van der Waals surface area (Å²) in [5.41, 5.74) is 0.520. The molecule has 0 unspecified atom stereocenters. The summed E-state index contributed by atoms with van der Waals surface area (Å²) in [5, 5.41) is 8.89. The lowest BCUT2D eigenvalue weighted by Crippen LogP contribution is -2.48. The number of nitrogens with zero attached hydrogens (tertiary/aromatic N) is 2. The van der Waals surface area contributed by atoms with E-state index in [4.69, 9.17) is 14.7 Å². The Labute approximate surface area is 131 Å². The second-order valence-corrected chi connectivity index (χ2v) is 5.40. The van der Waals surface area contributed by atoms with Gasteiger partial charge in [0.25, 0.3) is 5.91 Å². The van der Waals surface area contributed by atoms with Crippen molar-refractivity contribution in [3.05, 3.63) is 29.8 Å². The van der Waals surface area contributed by atoms with Gasteiger partial charge in [-0.25, -0.2) is 0 Å². The van der Waals surface area contributed by atoms with Crippen LogP contribution in [0.5, 0.6) is 5.75 Å². The second kappa shape index (κ2) is 7.81. The summed E-state index contributed by atoms with van der Waals surface area (Å²) in [6, 6.07) is 8.91. The summed E-state index contributed by atoms with van der Waals surface area (Å²) in [6.45, 7) is 5.74. The molecule has 1 fully saturated rings. The highest BCUT2D eigenvalue weighted by Gasteiger charge is 2.28. The lowest BCUT2D eigenvalue weighted by Gasteiger charge is -2.34. The molecule has 1 aromatic rings. The molecule has 118 valence electrons. The van der Waals surface area contributed by atoms with Crippen molar-refractivity contribution in [2.24, 2.45) is 0 Å². The maximum atomic E-state index is 12.5. The van der Waals surface area contributed by atoms with E-state index < -0.39 is 6.10 Å². The third-order valence-electron chi connectivity index (χ3n) is 3.72. The number of benzene rings is 1. The first-order valence-corrected chi connectivity index (χ1v) is 7.71. The van der Waals surface area contributed by atoms with Crippen LogP contribution in [0.4, 0.5) is 0 Å². The number of carbonyl (C=O) groups is 1. The van der Waals surface area contributed by atoms with E-state index in [2.05, 4.69) is 6.07 Å². The lowest BCUT2D eigenvalue weighted by molar-refractivity contribution is -0.142. The fourth-order valence-electron chi connectivity index (χ4n) is 2.66. The van der Waals surface area contributed by atoms with E-state index >= 15 is 0 Å². The average molecular weight is 302 g/mol. The van der Waals surface area contributed by atoms with Gasteiger partial charge in [0.05, 0.1) is 17.7 Å². The van der Waals surface area contributed by atoms with Gasteiger partial charge in [0.1, 0.15) is 5.75 Å². The number of hydrogen-bond donors (Lipinski definition) is 0. The number of piperidine rings is 1. The van der Waals surface area contributed by atoms with Crippen LogP contribution in [0.1, 0.15) is 32.3 Å². The van der Waals surface area contributed by atoms with Crippen LogP contribution in [0.3, 0.4) is 0 Å². The zero-order valence-electron chi connectivity index (χ0n) is 13.1. The van der Waals surface area contributed by atoms with Crippen LogP contribution in [0.25, 0.3) is 0 Å². The molecule has 0 aliphatic carbocycles. The quantitative estimate of drug-likeness (QED) is 0.837. The first-order valence-electron chi connectivity index (χ1n) is 7.71. The summed E-state index contributed by atoms with van der Waals surface area (Å²) in [7, 11) is 0. The summed E-state index contributed by atoms with van der Waals surface area (Å²) >= 11 is 0. The Bertz CT molecular complexity index is 551. The van der Waals surface area contributed by atoms with Crippen LogP contribution in [-0.4, -0.2) is 42.7 Å². The molecule has 2 rings (SSSR count). The molecule has 2 atom stereocenters. The minimum Gasteiger partial charge on any atom is -0.481 e. The molecule has 1 saturated heterocycles. The minimum absolute atomic E-state index is 0.0354. The highest BCUT2D eigenvalue weighted by Crippen LogP contribution is 2.18. The van der Waals surface area contributed by atoms with Gasteiger partial charge in [0.15, 0.2) is 6.10 Å². The largest absolute Gasteiger partial charge is 0.481 e. The highest BCUT2D eigenvalue weighted by molar-refractivity contribution is 5.81. The van der Waals surface area contributed by atoms with Crippen LogP contribution >= 0.6 is 0 Å². The van der Waals surface area contributed by atoms with E-state index in [0.717, 1.165) is 19.4 Å². The average Bonchev–Trinajstić information content (AvgIpc) is 2.55. The van der Waals surface area contributed by atoms with E-state index in [0.29, 0.717) is 24.5 Å². The van der Waals surface area contributed by atoms with Crippen molar-refractivity contribution < 1.29 is 14.3 Å². The van der Waals surface area contributed by atoms with Crippen LogP contribution in [0, 0.1) is 11.3 Å². The molecule has 0 saturated carbocycles. The maximum Gasteiger partial charge on any atom is 0.263 e. The minimum atomic E-state index is -0.575. The Morgan fingerprint density at radius 3 is 3.09 bits per heavy atom.